The molecule has 32 heavy (non-hydrogen) atoms. The average molecular weight is 444 g/mol. The molecule has 0 radical (unpaired) electrons. The number of urea groups is 1. The van der Waals surface area contributed by atoms with Crippen LogP contribution in [0.3, 0.4) is 0 Å². The molecule has 0 saturated carbocycles. The zero-order valence-corrected chi connectivity index (χ0v) is 16.3. The number of alkyl halides is 3. The third kappa shape index (κ3) is 3.00. The van der Waals surface area contributed by atoms with Crippen molar-refractivity contribution in [3.05, 3.63) is 59.5 Å². The zero-order chi connectivity index (χ0) is 22.7. The third-order valence-corrected chi connectivity index (χ3v) is 5.66. The Bertz CT molecular complexity index is 1290. The maximum atomic E-state index is 13.1. The van der Waals surface area contributed by atoms with Crippen LogP contribution in [0.15, 0.2) is 46.9 Å². The van der Waals surface area contributed by atoms with Gasteiger partial charge in [-0.1, -0.05) is 30.3 Å². The Balaban J connectivity index is 1.37. The first-order valence-corrected chi connectivity index (χ1v) is 9.68. The number of para-hydroxylation sites is 1. The fourth-order valence-electron chi connectivity index (χ4n) is 4.24. The number of oxazole rings is 1. The number of carbonyl (C=O) groups excluding carboxylic acids is 3. The maximum absolute atomic E-state index is 13.1. The number of hydrogen-bond acceptors (Lipinski definition) is 5. The quantitative estimate of drug-likeness (QED) is 0.604. The van der Waals surface area contributed by atoms with E-state index in [4.69, 9.17) is 4.42 Å². The summed E-state index contributed by atoms with van der Waals surface area (Å²) in [4.78, 5) is 42.5. The number of hydrogen-bond donors (Lipinski definition) is 2. The van der Waals surface area contributed by atoms with Crippen LogP contribution < -0.4 is 10.6 Å². The molecule has 164 valence electrons. The summed E-state index contributed by atoms with van der Waals surface area (Å²) >= 11 is 0. The Kier molecular flexibility index (Phi) is 4.26. The van der Waals surface area contributed by atoms with Gasteiger partial charge < -0.3 is 15.1 Å². The van der Waals surface area contributed by atoms with Gasteiger partial charge in [-0.3, -0.25) is 14.5 Å². The van der Waals surface area contributed by atoms with Crippen molar-refractivity contribution in [2.75, 3.05) is 11.9 Å². The molecule has 2 aliphatic rings. The van der Waals surface area contributed by atoms with Crippen molar-refractivity contribution in [1.29, 1.82) is 0 Å². The van der Waals surface area contributed by atoms with Gasteiger partial charge in [0.2, 0.25) is 5.91 Å². The molecule has 4 amide bonds. The summed E-state index contributed by atoms with van der Waals surface area (Å²) in [6.07, 6.45) is -3.79. The van der Waals surface area contributed by atoms with Crippen LogP contribution in [0.1, 0.15) is 23.4 Å². The third-order valence-electron chi connectivity index (χ3n) is 5.66. The summed E-state index contributed by atoms with van der Waals surface area (Å²) in [5, 5.41) is 5.12. The van der Waals surface area contributed by atoms with Gasteiger partial charge in [0.05, 0.1) is 5.69 Å². The normalized spacial score (nSPS) is 20.2. The Morgan fingerprint density at radius 1 is 1.19 bits per heavy atom. The minimum atomic E-state index is -4.79. The summed E-state index contributed by atoms with van der Waals surface area (Å²) in [7, 11) is 0. The molecule has 1 aromatic heterocycles. The van der Waals surface area contributed by atoms with Gasteiger partial charge in [-0.15, -0.1) is 0 Å². The van der Waals surface area contributed by atoms with Crippen molar-refractivity contribution in [1.82, 2.24) is 15.2 Å². The number of halogens is 3. The van der Waals surface area contributed by atoms with E-state index in [0.29, 0.717) is 18.4 Å². The van der Waals surface area contributed by atoms with Gasteiger partial charge in [0.1, 0.15) is 17.6 Å². The molecule has 2 N–H and O–H groups in total. The first kappa shape index (κ1) is 20.0. The van der Waals surface area contributed by atoms with E-state index in [1.165, 1.54) is 18.2 Å². The molecule has 11 heteroatoms. The minimum absolute atomic E-state index is 0.0280. The molecule has 2 heterocycles. The highest BCUT2D eigenvalue weighted by molar-refractivity contribution is 6.11. The number of rotatable bonds is 3. The molecular formula is C21H15F3N4O4. The predicted molar refractivity (Wildman–Crippen MR) is 104 cm³/mol. The molecule has 1 atom stereocenters. The number of imide groups is 1. The molecular weight excluding hydrogens is 429 g/mol. The van der Waals surface area contributed by atoms with Crippen molar-refractivity contribution in [3.63, 3.8) is 0 Å². The summed E-state index contributed by atoms with van der Waals surface area (Å²) in [6, 6.07) is 10.6. The molecule has 8 nitrogen and oxygen atoms in total. The minimum Gasteiger partial charge on any atom is -0.433 e. The first-order chi connectivity index (χ1) is 15.2. The largest absolute Gasteiger partial charge is 0.468 e. The molecule has 0 bridgehead atoms. The lowest BCUT2D eigenvalue weighted by Crippen LogP contribution is -2.43. The SMILES string of the molecule is O=C(CN1C(=O)N[C@]2(CCc3ccccc32)C1=O)Nc1cccc2oc(C(F)(F)F)nc12. The van der Waals surface area contributed by atoms with E-state index in [0.717, 1.165) is 10.5 Å². The van der Waals surface area contributed by atoms with E-state index < -0.39 is 42.0 Å². The van der Waals surface area contributed by atoms with Crippen LogP contribution in [0.4, 0.5) is 23.7 Å². The maximum Gasteiger partial charge on any atom is 0.468 e. The van der Waals surface area contributed by atoms with Crippen LogP contribution in [0.5, 0.6) is 0 Å². The standard InChI is InChI=1S/C21H15F3N4O4/c22-21(23,24)17-26-16-13(6-3-7-14(16)32-17)25-15(29)10-28-18(30)20(27-19(28)31)9-8-11-4-1-2-5-12(11)20/h1-7H,8-10H2,(H,25,29)(H,27,31)/t20-/m0/s1. The molecule has 2 aromatic carbocycles. The van der Waals surface area contributed by atoms with E-state index in [1.54, 1.807) is 12.1 Å². The van der Waals surface area contributed by atoms with Crippen molar-refractivity contribution in [2.45, 2.75) is 24.6 Å². The highest BCUT2D eigenvalue weighted by Gasteiger charge is 2.55. The molecule has 1 fully saturated rings. The number of amides is 4. The fourth-order valence-corrected chi connectivity index (χ4v) is 4.24. The van der Waals surface area contributed by atoms with Gasteiger partial charge in [-0.05, 0) is 36.1 Å². The topological polar surface area (TPSA) is 105 Å². The van der Waals surface area contributed by atoms with Gasteiger partial charge in [0.15, 0.2) is 5.58 Å². The lowest BCUT2D eigenvalue weighted by molar-refractivity contribution is -0.156. The Hall–Kier alpha value is -3.89. The molecule has 1 aliphatic heterocycles. The molecule has 5 rings (SSSR count). The second-order valence-electron chi connectivity index (χ2n) is 7.60. The number of nitrogens with one attached hydrogen (secondary N) is 2. The monoisotopic (exact) mass is 444 g/mol. The van der Waals surface area contributed by atoms with Crippen LogP contribution in [0.2, 0.25) is 0 Å². The Morgan fingerprint density at radius 2 is 1.97 bits per heavy atom. The van der Waals surface area contributed by atoms with Gasteiger partial charge in [-0.2, -0.15) is 13.2 Å². The summed E-state index contributed by atoms with van der Waals surface area (Å²) < 4.78 is 43.4. The summed E-state index contributed by atoms with van der Waals surface area (Å²) in [5.74, 6) is -2.74. The lowest BCUT2D eigenvalue weighted by atomic mass is 9.92. The van der Waals surface area contributed by atoms with Crippen LogP contribution >= 0.6 is 0 Å². The highest BCUT2D eigenvalue weighted by atomic mass is 19.4. The van der Waals surface area contributed by atoms with E-state index in [1.807, 2.05) is 12.1 Å². The van der Waals surface area contributed by atoms with E-state index in [-0.39, 0.29) is 16.8 Å². The van der Waals surface area contributed by atoms with Gasteiger partial charge in [-0.25, -0.2) is 9.78 Å². The second kappa shape index (κ2) is 6.81. The predicted octanol–water partition coefficient (Wildman–Crippen LogP) is 3.18. The van der Waals surface area contributed by atoms with E-state index >= 15 is 0 Å². The summed E-state index contributed by atoms with van der Waals surface area (Å²) in [6.45, 7) is -0.602. The molecule has 1 saturated heterocycles. The van der Waals surface area contributed by atoms with Gasteiger partial charge in [0.25, 0.3) is 5.91 Å². The molecule has 1 aliphatic carbocycles. The number of fused-ring (bicyclic) bond motifs is 3. The van der Waals surface area contributed by atoms with Crippen LogP contribution in [-0.2, 0) is 27.7 Å². The summed E-state index contributed by atoms with van der Waals surface area (Å²) in [5.41, 5.74) is 0.0682. The number of nitrogens with zero attached hydrogens (tertiary/aromatic N) is 2. The zero-order valence-electron chi connectivity index (χ0n) is 16.3. The van der Waals surface area contributed by atoms with E-state index in [2.05, 4.69) is 15.6 Å². The number of aryl methyl sites for hydroxylation is 1. The smallest absolute Gasteiger partial charge is 0.433 e. The van der Waals surface area contributed by atoms with Crippen molar-refractivity contribution in [3.8, 4) is 0 Å². The van der Waals surface area contributed by atoms with Gasteiger partial charge in [0, 0.05) is 0 Å². The van der Waals surface area contributed by atoms with Crippen LogP contribution in [0.25, 0.3) is 11.1 Å². The van der Waals surface area contributed by atoms with Crippen molar-refractivity contribution < 1.29 is 32.0 Å². The van der Waals surface area contributed by atoms with E-state index in [9.17, 15) is 27.6 Å². The van der Waals surface area contributed by atoms with Crippen LogP contribution in [0, 0.1) is 0 Å². The Morgan fingerprint density at radius 3 is 2.75 bits per heavy atom. The molecule has 3 aromatic rings. The number of aromatic nitrogens is 1. The Labute approximate surface area is 178 Å². The molecule has 0 unspecified atom stereocenters. The van der Waals surface area contributed by atoms with Crippen LogP contribution in [-0.4, -0.2) is 34.3 Å². The average Bonchev–Trinajstić information content (AvgIpc) is 3.40. The number of benzene rings is 2. The van der Waals surface area contributed by atoms with Gasteiger partial charge >= 0.3 is 18.1 Å². The van der Waals surface area contributed by atoms with Crippen molar-refractivity contribution in [2.24, 2.45) is 0 Å². The first-order valence-electron chi connectivity index (χ1n) is 9.68. The highest BCUT2D eigenvalue weighted by Crippen LogP contribution is 2.41. The fraction of sp³-hybridized carbons (Fsp3) is 0.238. The lowest BCUT2D eigenvalue weighted by Gasteiger charge is -2.22. The number of anilines is 1. The van der Waals surface area contributed by atoms with Crippen molar-refractivity contribution >= 4 is 34.6 Å². The number of carbonyl (C=O) groups is 3. The molecule has 1 spiro atoms. The second-order valence-corrected chi connectivity index (χ2v) is 7.60.